The standard InChI is InChI=1S/C28H38N6O2/c1-4-12-32-13-15-33(16-14-32)25(17-21-6-7-21)23-10-8-22(9-11-23)20(3)30-27-29-18-24-19-36-28(35)34(5-2)26(24)31-27/h4,8-11,18,20-21,25H,1,5-7,12-17,19H2,2-3H3,(H,29,30,31)/t20-,25-/m0/s1. The molecule has 1 amide bonds. The molecule has 1 aromatic carbocycles. The molecular weight excluding hydrogens is 452 g/mol. The SMILES string of the molecule is C=CCN1CCN([C@@H](CC2CC2)c2ccc([C@H](C)Nc3ncc4c(n3)N(CC)C(=O)OC4)cc2)CC1. The molecule has 0 radical (unpaired) electrons. The molecule has 2 atom stereocenters. The lowest BCUT2D eigenvalue weighted by Gasteiger charge is -2.39. The Hall–Kier alpha value is -2.97. The van der Waals surface area contributed by atoms with E-state index in [0.29, 0.717) is 24.4 Å². The fourth-order valence-electron chi connectivity index (χ4n) is 5.27. The van der Waals surface area contributed by atoms with Gasteiger partial charge in [-0.05, 0) is 37.3 Å². The molecule has 2 aliphatic heterocycles. The van der Waals surface area contributed by atoms with E-state index in [-0.39, 0.29) is 18.7 Å². The molecule has 2 aromatic rings. The molecule has 5 rings (SSSR count). The van der Waals surface area contributed by atoms with Crippen LogP contribution in [0.2, 0.25) is 0 Å². The highest BCUT2D eigenvalue weighted by atomic mass is 16.6. The van der Waals surface area contributed by atoms with Gasteiger partial charge in [0, 0.05) is 51.5 Å². The number of fused-ring (bicyclic) bond motifs is 1. The molecule has 0 bridgehead atoms. The van der Waals surface area contributed by atoms with Crippen molar-refractivity contribution < 1.29 is 9.53 Å². The zero-order valence-electron chi connectivity index (χ0n) is 21.5. The molecule has 1 saturated carbocycles. The second kappa shape index (κ2) is 11.0. The highest BCUT2D eigenvalue weighted by Gasteiger charge is 2.31. The van der Waals surface area contributed by atoms with Crippen LogP contribution in [0.3, 0.4) is 0 Å². The molecule has 3 aliphatic rings. The smallest absolute Gasteiger partial charge is 0.415 e. The molecule has 2 fully saturated rings. The van der Waals surface area contributed by atoms with Crippen molar-refractivity contribution in [1.29, 1.82) is 0 Å². The van der Waals surface area contributed by atoms with E-state index >= 15 is 0 Å². The highest BCUT2D eigenvalue weighted by molar-refractivity contribution is 5.89. The summed E-state index contributed by atoms with van der Waals surface area (Å²) in [6, 6.07) is 9.60. The number of aromatic nitrogens is 2. The van der Waals surface area contributed by atoms with E-state index in [9.17, 15) is 4.79 Å². The number of nitrogens with one attached hydrogen (secondary N) is 1. The Morgan fingerprint density at radius 1 is 1.17 bits per heavy atom. The average Bonchev–Trinajstić information content (AvgIpc) is 3.72. The second-order valence-electron chi connectivity index (χ2n) is 10.2. The monoisotopic (exact) mass is 490 g/mol. The van der Waals surface area contributed by atoms with E-state index in [2.05, 4.69) is 62.9 Å². The molecule has 192 valence electrons. The Balaban J connectivity index is 1.26. The maximum atomic E-state index is 12.1. The van der Waals surface area contributed by atoms with Crippen LogP contribution in [0.5, 0.6) is 0 Å². The van der Waals surface area contributed by atoms with Crippen molar-refractivity contribution >= 4 is 17.9 Å². The van der Waals surface area contributed by atoms with Crippen LogP contribution in [0.1, 0.15) is 61.9 Å². The van der Waals surface area contributed by atoms with Crippen LogP contribution in [-0.2, 0) is 11.3 Å². The molecule has 8 heteroatoms. The van der Waals surface area contributed by atoms with Gasteiger partial charge in [0.2, 0.25) is 5.95 Å². The number of ether oxygens (including phenoxy) is 1. The zero-order chi connectivity index (χ0) is 25.1. The minimum Gasteiger partial charge on any atom is -0.444 e. The molecule has 1 saturated heterocycles. The summed E-state index contributed by atoms with van der Waals surface area (Å²) in [7, 11) is 0. The average molecular weight is 491 g/mol. The first-order valence-electron chi connectivity index (χ1n) is 13.3. The number of piperazine rings is 1. The summed E-state index contributed by atoms with van der Waals surface area (Å²) >= 11 is 0. The summed E-state index contributed by atoms with van der Waals surface area (Å²) in [6.45, 7) is 14.1. The second-order valence-corrected chi connectivity index (χ2v) is 10.2. The van der Waals surface area contributed by atoms with Crippen LogP contribution in [0.25, 0.3) is 0 Å². The molecular formula is C28H38N6O2. The van der Waals surface area contributed by atoms with E-state index in [0.717, 1.165) is 44.2 Å². The van der Waals surface area contributed by atoms with Crippen LogP contribution in [-0.4, -0.2) is 65.1 Å². The first-order valence-corrected chi connectivity index (χ1v) is 13.3. The molecule has 1 N–H and O–H groups in total. The van der Waals surface area contributed by atoms with Crippen LogP contribution < -0.4 is 10.2 Å². The van der Waals surface area contributed by atoms with Gasteiger partial charge < -0.3 is 10.1 Å². The highest BCUT2D eigenvalue weighted by Crippen LogP contribution is 2.40. The third-order valence-corrected chi connectivity index (χ3v) is 7.64. The first-order chi connectivity index (χ1) is 17.6. The molecule has 36 heavy (non-hydrogen) atoms. The van der Waals surface area contributed by atoms with Crippen LogP contribution in [0.15, 0.2) is 43.1 Å². The number of anilines is 2. The lowest BCUT2D eigenvalue weighted by Crippen LogP contribution is -2.47. The van der Waals surface area contributed by atoms with Crippen LogP contribution in [0.4, 0.5) is 16.6 Å². The van der Waals surface area contributed by atoms with E-state index < -0.39 is 0 Å². The van der Waals surface area contributed by atoms with Gasteiger partial charge in [0.25, 0.3) is 0 Å². The number of carbonyl (C=O) groups excluding carboxylic acids is 1. The summed E-state index contributed by atoms with van der Waals surface area (Å²) in [5.74, 6) is 2.02. The number of hydrogen-bond acceptors (Lipinski definition) is 7. The zero-order valence-corrected chi connectivity index (χ0v) is 21.5. The lowest BCUT2D eigenvalue weighted by molar-refractivity contribution is 0.0959. The first kappa shape index (κ1) is 24.7. The Morgan fingerprint density at radius 3 is 2.56 bits per heavy atom. The quantitative estimate of drug-likeness (QED) is 0.481. The maximum Gasteiger partial charge on any atom is 0.415 e. The van der Waals surface area contributed by atoms with Crippen LogP contribution in [0, 0.1) is 5.92 Å². The third-order valence-electron chi connectivity index (χ3n) is 7.64. The number of cyclic esters (lactones) is 1. The van der Waals surface area contributed by atoms with Gasteiger partial charge in [-0.2, -0.15) is 4.98 Å². The van der Waals surface area contributed by atoms with E-state index in [1.54, 1.807) is 11.1 Å². The van der Waals surface area contributed by atoms with E-state index in [1.165, 1.54) is 30.4 Å². The molecule has 3 heterocycles. The van der Waals surface area contributed by atoms with E-state index in [1.807, 2.05) is 13.0 Å². The van der Waals surface area contributed by atoms with Crippen molar-refractivity contribution in [2.75, 3.05) is 49.5 Å². The van der Waals surface area contributed by atoms with Crippen LogP contribution >= 0.6 is 0 Å². The van der Waals surface area contributed by atoms with Gasteiger partial charge in [0.1, 0.15) is 12.4 Å². The minimum atomic E-state index is -0.360. The Labute approximate surface area is 214 Å². The minimum absolute atomic E-state index is 0.0343. The van der Waals surface area contributed by atoms with Gasteiger partial charge in [0.15, 0.2) is 0 Å². The number of amides is 1. The summed E-state index contributed by atoms with van der Waals surface area (Å²) in [6.07, 6.45) is 7.40. The molecule has 1 aliphatic carbocycles. The van der Waals surface area contributed by atoms with Gasteiger partial charge in [-0.1, -0.05) is 43.2 Å². The van der Waals surface area contributed by atoms with Crippen molar-refractivity contribution in [3.8, 4) is 0 Å². The normalized spacial score (nSPS) is 20.4. The predicted molar refractivity (Wildman–Crippen MR) is 142 cm³/mol. The molecule has 0 spiro atoms. The number of hydrogen-bond donors (Lipinski definition) is 1. The van der Waals surface area contributed by atoms with Crippen molar-refractivity contribution in [3.05, 3.63) is 59.8 Å². The summed E-state index contributed by atoms with van der Waals surface area (Å²) < 4.78 is 5.19. The third kappa shape index (κ3) is 5.55. The Morgan fingerprint density at radius 2 is 1.89 bits per heavy atom. The van der Waals surface area contributed by atoms with Gasteiger partial charge >= 0.3 is 6.09 Å². The van der Waals surface area contributed by atoms with Crippen molar-refractivity contribution in [2.45, 2.75) is 51.8 Å². The largest absolute Gasteiger partial charge is 0.444 e. The maximum absolute atomic E-state index is 12.1. The fourth-order valence-corrected chi connectivity index (χ4v) is 5.27. The fraction of sp³-hybridized carbons (Fsp3) is 0.536. The Kier molecular flexibility index (Phi) is 7.53. The van der Waals surface area contributed by atoms with Crippen molar-refractivity contribution in [3.63, 3.8) is 0 Å². The summed E-state index contributed by atoms with van der Waals surface area (Å²) in [5.41, 5.74) is 3.43. The Bertz CT molecular complexity index is 1060. The van der Waals surface area contributed by atoms with Gasteiger partial charge in [-0.25, -0.2) is 9.78 Å². The van der Waals surface area contributed by atoms with Crippen molar-refractivity contribution in [1.82, 2.24) is 19.8 Å². The molecule has 8 nitrogen and oxygen atoms in total. The predicted octanol–water partition coefficient (Wildman–Crippen LogP) is 4.77. The van der Waals surface area contributed by atoms with Gasteiger partial charge in [-0.3, -0.25) is 14.7 Å². The number of nitrogens with zero attached hydrogens (tertiary/aromatic N) is 5. The van der Waals surface area contributed by atoms with E-state index in [4.69, 9.17) is 4.74 Å². The van der Waals surface area contributed by atoms with Crippen molar-refractivity contribution in [2.24, 2.45) is 5.92 Å². The molecule has 1 aromatic heterocycles. The summed E-state index contributed by atoms with van der Waals surface area (Å²) in [4.78, 5) is 27.9. The summed E-state index contributed by atoms with van der Waals surface area (Å²) in [5, 5.41) is 3.41. The van der Waals surface area contributed by atoms with Gasteiger partial charge in [-0.15, -0.1) is 6.58 Å². The van der Waals surface area contributed by atoms with Gasteiger partial charge in [0.05, 0.1) is 11.6 Å². The topological polar surface area (TPSA) is 73.8 Å². The number of benzene rings is 1. The number of rotatable bonds is 10. The molecule has 0 unspecified atom stereocenters. The number of carbonyl (C=O) groups is 1. The lowest BCUT2D eigenvalue weighted by atomic mass is 9.96.